The summed E-state index contributed by atoms with van der Waals surface area (Å²) in [7, 11) is 0. The Hall–Kier alpha value is -7.52. The minimum atomic E-state index is -1.35. The van der Waals surface area contributed by atoms with Gasteiger partial charge in [-0.2, -0.15) is 0 Å². The second kappa shape index (κ2) is 43.5. The van der Waals surface area contributed by atoms with E-state index in [1.54, 1.807) is 43.5 Å². The highest BCUT2D eigenvalue weighted by Gasteiger charge is 2.37. The average Bonchev–Trinajstić information content (AvgIpc) is 1.62. The third-order valence-electron chi connectivity index (χ3n) is 16.5. The molecule has 0 aliphatic carbocycles. The fraction of sp³-hybridized carbons (Fsp3) is 0.647. The number of carboxylic acid groups (broad SMARTS) is 1. The Bertz CT molecular complexity index is 2840. The molecule has 0 bridgehead atoms. The Labute approximate surface area is 555 Å². The summed E-state index contributed by atoms with van der Waals surface area (Å²) in [6.45, 7) is 16.0. The second-order valence-electron chi connectivity index (χ2n) is 26.1. The number of nitrogens with two attached hydrogens (primary N) is 5. The van der Waals surface area contributed by atoms with Crippen LogP contribution in [-0.2, 0) is 60.8 Å². The molecule has 3 aromatic rings. The smallest absolute Gasteiger partial charge is 0.326 e. The molecule has 0 unspecified atom stereocenters. The lowest BCUT2D eigenvalue weighted by atomic mass is 9.96. The Morgan fingerprint density at radius 2 is 0.777 bits per heavy atom. The van der Waals surface area contributed by atoms with Crippen LogP contribution >= 0.6 is 0 Å². The molecule has 1 aromatic heterocycles. The highest BCUT2D eigenvalue weighted by Crippen LogP contribution is 2.21. The molecular formula is C68H113N15O11. The first kappa shape index (κ1) is 80.7. The SMILES string of the molecule is CC[C@H](C)[C@H](NC(=O)[C@H](CCCCN)NC(=O)[C@H](CCCCN)NC(=O)[C@H](CC(C)C)NC(=O)[C@H](Cc1ccccc1)NC(=O)[C@H](CCCCN)NC(=O)[C@H](Cc1c[nH]c2ccccc12)NC(=O)[C@H](CC(C)C)NC(=O)[C@@H](N)CCCCN)C(=O)N[C@@H](CC(C)C)C(=O)O. The lowest BCUT2D eigenvalue weighted by Gasteiger charge is -2.30. The summed E-state index contributed by atoms with van der Waals surface area (Å²) in [5, 5.41) is 36.0. The number of unbranched alkanes of at least 4 members (excludes halogenated alkanes) is 4. The number of benzene rings is 2. The van der Waals surface area contributed by atoms with Gasteiger partial charge in [0.2, 0.25) is 53.2 Å². The maximum atomic E-state index is 14.9. The Morgan fingerprint density at radius 3 is 1.22 bits per heavy atom. The first-order valence-electron chi connectivity index (χ1n) is 33.9. The van der Waals surface area contributed by atoms with Crippen molar-refractivity contribution in [2.24, 2.45) is 52.3 Å². The van der Waals surface area contributed by atoms with E-state index in [-0.39, 0.29) is 82.2 Å². The molecule has 0 aliphatic rings. The third kappa shape index (κ3) is 29.0. The average molecular weight is 1320 g/mol. The summed E-state index contributed by atoms with van der Waals surface area (Å²) in [6, 6.07) is 4.26. The van der Waals surface area contributed by atoms with E-state index in [1.807, 2.05) is 72.7 Å². The molecule has 26 nitrogen and oxygen atoms in total. The molecule has 1 heterocycles. The predicted molar refractivity (Wildman–Crippen MR) is 365 cm³/mol. The fourth-order valence-corrected chi connectivity index (χ4v) is 10.9. The number of amides is 9. The summed E-state index contributed by atoms with van der Waals surface area (Å²) in [5.74, 6) is -8.25. The number of carboxylic acids is 1. The van der Waals surface area contributed by atoms with E-state index < -0.39 is 125 Å². The molecule has 11 atom stereocenters. The van der Waals surface area contributed by atoms with Gasteiger partial charge in [0.05, 0.1) is 6.04 Å². The Morgan fingerprint density at radius 1 is 0.415 bits per heavy atom. The zero-order chi connectivity index (χ0) is 69.9. The molecule has 26 heteroatoms. The summed E-state index contributed by atoms with van der Waals surface area (Å²) >= 11 is 0. The second-order valence-corrected chi connectivity index (χ2v) is 26.1. The zero-order valence-corrected chi connectivity index (χ0v) is 56.8. The minimum absolute atomic E-state index is 0.0339. The summed E-state index contributed by atoms with van der Waals surface area (Å²) in [6.07, 6.45) is 7.00. The topological polar surface area (TPSA) is 445 Å². The van der Waals surface area contributed by atoms with Gasteiger partial charge in [0, 0.05) is 29.9 Å². The van der Waals surface area contributed by atoms with Crippen LogP contribution in [0.3, 0.4) is 0 Å². The van der Waals surface area contributed by atoms with Crippen LogP contribution in [0.4, 0.5) is 0 Å². The predicted octanol–water partition coefficient (Wildman–Crippen LogP) is 2.43. The van der Waals surface area contributed by atoms with Crippen LogP contribution in [0.25, 0.3) is 10.9 Å². The lowest BCUT2D eigenvalue weighted by Crippen LogP contribution is -2.61. The van der Waals surface area contributed by atoms with E-state index in [0.29, 0.717) is 88.4 Å². The number of carbonyl (C=O) groups excluding carboxylic acids is 9. The van der Waals surface area contributed by atoms with Gasteiger partial charge in [-0.1, -0.05) is 117 Å². The van der Waals surface area contributed by atoms with E-state index in [1.165, 1.54) is 0 Å². The number of aliphatic carboxylic acids is 1. The Kier molecular flexibility index (Phi) is 37.3. The molecule has 21 N–H and O–H groups in total. The van der Waals surface area contributed by atoms with E-state index in [2.05, 4.69) is 52.8 Å². The van der Waals surface area contributed by atoms with Crippen molar-refractivity contribution in [2.45, 2.75) is 231 Å². The van der Waals surface area contributed by atoms with Gasteiger partial charge >= 0.3 is 5.97 Å². The van der Waals surface area contributed by atoms with Crippen molar-refractivity contribution in [1.29, 1.82) is 0 Å². The normalized spacial score (nSPS) is 15.0. The van der Waals surface area contributed by atoms with Gasteiger partial charge in [0.15, 0.2) is 0 Å². The maximum absolute atomic E-state index is 14.9. The molecule has 0 aliphatic heterocycles. The van der Waals surface area contributed by atoms with E-state index in [4.69, 9.17) is 28.7 Å². The van der Waals surface area contributed by atoms with Gasteiger partial charge in [-0.05, 0) is 157 Å². The van der Waals surface area contributed by atoms with Crippen molar-refractivity contribution >= 4 is 70.0 Å². The van der Waals surface area contributed by atoms with Crippen molar-refractivity contribution in [1.82, 2.24) is 52.8 Å². The highest BCUT2D eigenvalue weighted by atomic mass is 16.4. The largest absolute Gasteiger partial charge is 0.480 e. The first-order valence-corrected chi connectivity index (χ1v) is 33.9. The summed E-state index contributed by atoms with van der Waals surface area (Å²) in [5.41, 5.74) is 31.7. The number of para-hydroxylation sites is 1. The number of hydrogen-bond donors (Lipinski definition) is 16. The molecule has 9 amide bonds. The van der Waals surface area contributed by atoms with E-state index in [0.717, 1.165) is 10.9 Å². The minimum Gasteiger partial charge on any atom is -0.480 e. The monoisotopic (exact) mass is 1320 g/mol. The number of hydrogen-bond acceptors (Lipinski definition) is 15. The van der Waals surface area contributed by atoms with Crippen molar-refractivity contribution in [3.05, 3.63) is 71.9 Å². The molecule has 526 valence electrons. The molecule has 0 saturated heterocycles. The number of carbonyl (C=O) groups is 10. The van der Waals surface area contributed by atoms with Crippen LogP contribution in [0, 0.1) is 23.7 Å². The Balaban J connectivity index is 2.03. The lowest BCUT2D eigenvalue weighted by molar-refractivity contribution is -0.143. The first-order chi connectivity index (χ1) is 44.8. The molecule has 0 radical (unpaired) electrons. The van der Waals surface area contributed by atoms with E-state index in [9.17, 15) is 53.1 Å². The van der Waals surface area contributed by atoms with E-state index >= 15 is 0 Å². The number of aromatic nitrogens is 1. The molecule has 0 spiro atoms. The molecule has 3 rings (SSSR count). The van der Waals surface area contributed by atoms with Gasteiger partial charge in [-0.25, -0.2) is 4.79 Å². The number of rotatable bonds is 47. The van der Waals surface area contributed by atoms with Gasteiger partial charge < -0.3 is 86.6 Å². The summed E-state index contributed by atoms with van der Waals surface area (Å²) in [4.78, 5) is 145. The van der Waals surface area contributed by atoms with Crippen LogP contribution in [-0.4, -0.2) is 156 Å². The zero-order valence-electron chi connectivity index (χ0n) is 56.8. The van der Waals surface area contributed by atoms with Crippen LogP contribution in [0.2, 0.25) is 0 Å². The van der Waals surface area contributed by atoms with Gasteiger partial charge in [-0.15, -0.1) is 0 Å². The third-order valence-corrected chi connectivity index (χ3v) is 16.5. The van der Waals surface area contributed by atoms with Crippen LogP contribution in [0.1, 0.15) is 169 Å². The molecule has 94 heavy (non-hydrogen) atoms. The highest BCUT2D eigenvalue weighted by molar-refractivity contribution is 5.99. The molecule has 2 aromatic carbocycles. The summed E-state index contributed by atoms with van der Waals surface area (Å²) < 4.78 is 0. The fourth-order valence-electron chi connectivity index (χ4n) is 10.9. The molecular weight excluding hydrogens is 1200 g/mol. The van der Waals surface area contributed by atoms with Crippen LogP contribution < -0.4 is 76.5 Å². The number of aromatic amines is 1. The van der Waals surface area contributed by atoms with Gasteiger partial charge in [0.25, 0.3) is 0 Å². The van der Waals surface area contributed by atoms with Crippen molar-refractivity contribution in [3.63, 3.8) is 0 Å². The number of fused-ring (bicyclic) bond motifs is 1. The quantitative estimate of drug-likeness (QED) is 0.0361. The van der Waals surface area contributed by atoms with Crippen LogP contribution in [0.5, 0.6) is 0 Å². The van der Waals surface area contributed by atoms with Crippen LogP contribution in [0.15, 0.2) is 60.8 Å². The van der Waals surface area contributed by atoms with Gasteiger partial charge in [0.1, 0.15) is 54.4 Å². The van der Waals surface area contributed by atoms with Crippen molar-refractivity contribution in [3.8, 4) is 0 Å². The number of nitrogens with one attached hydrogen (secondary N) is 10. The van der Waals surface area contributed by atoms with Gasteiger partial charge in [-0.3, -0.25) is 43.2 Å². The molecule has 0 saturated carbocycles. The number of H-pyrrole nitrogens is 1. The maximum Gasteiger partial charge on any atom is 0.326 e. The molecule has 0 fully saturated rings. The standard InChI is InChI=1S/C68H113N15O11/c1-9-44(8)58(67(92)82-57(68(93)94)37-43(6)7)83-62(87)52(30-18-22-34-72)75-60(85)50(28-16-20-32-70)76-63(88)54(36-42(4)5)79-65(90)55(38-45-23-11-10-12-24-45)80-61(86)51(29-17-21-33-71)77-66(91)56(39-46-40-74-49-27-14-13-25-47(46)49)81-64(89)53(35-41(2)3)78-59(84)48(73)26-15-19-31-69/h10-14,23-25,27,40-44,48,50-58,74H,9,15-22,26,28-39,69-73H2,1-8H3,(H,75,85)(H,76,88)(H,77,91)(H,78,84)(H,79,90)(H,80,86)(H,81,89)(H,82,92)(H,83,87)(H,93,94)/t44-,48-,50-,51-,52-,53-,54-,55-,56-,57-,58-/m0/s1. The van der Waals surface area contributed by atoms with Crippen molar-refractivity contribution < 1.29 is 53.1 Å². The van der Waals surface area contributed by atoms with Crippen molar-refractivity contribution in [2.75, 3.05) is 26.2 Å².